The lowest BCUT2D eigenvalue weighted by Crippen LogP contribution is -2.14. The van der Waals surface area contributed by atoms with Crippen molar-refractivity contribution in [3.05, 3.63) is 47.7 Å². The number of rotatable bonds is 2. The van der Waals surface area contributed by atoms with Gasteiger partial charge >= 0.3 is 0 Å². The molecule has 0 aliphatic heterocycles. The topological polar surface area (TPSA) is 52.8 Å². The first kappa shape index (κ1) is 11.1. The lowest BCUT2D eigenvalue weighted by Gasteiger charge is -2.20. The van der Waals surface area contributed by atoms with Gasteiger partial charge in [-0.3, -0.25) is 0 Å². The van der Waals surface area contributed by atoms with E-state index in [1.165, 1.54) is 6.20 Å². The summed E-state index contributed by atoms with van der Waals surface area (Å²) in [5.41, 5.74) is 2.67. The maximum atomic E-state index is 9.04. The number of benzene rings is 1. The number of hydrogen-bond acceptors (Lipinski definition) is 4. The average Bonchev–Trinajstić information content (AvgIpc) is 2.38. The zero-order valence-corrected chi connectivity index (χ0v) is 9.75. The second-order valence-corrected chi connectivity index (χ2v) is 3.73. The Bertz CT molecular complexity index is 572. The molecule has 0 N–H and O–H groups in total. The predicted molar refractivity (Wildman–Crippen MR) is 66.0 cm³/mol. The van der Waals surface area contributed by atoms with Crippen LogP contribution in [0, 0.1) is 18.3 Å². The van der Waals surface area contributed by atoms with E-state index in [-0.39, 0.29) is 0 Å². The Balaban J connectivity index is 2.48. The lowest BCUT2D eigenvalue weighted by atomic mass is 10.2. The van der Waals surface area contributed by atoms with E-state index in [1.54, 1.807) is 6.07 Å². The number of nitriles is 1. The zero-order valence-electron chi connectivity index (χ0n) is 9.75. The fourth-order valence-corrected chi connectivity index (χ4v) is 1.71. The number of para-hydroxylation sites is 1. The van der Waals surface area contributed by atoms with Gasteiger partial charge in [0.2, 0.25) is 0 Å². The molecule has 0 amide bonds. The Hall–Kier alpha value is -2.41. The van der Waals surface area contributed by atoms with Crippen molar-refractivity contribution >= 4 is 11.5 Å². The molecular formula is C13H12N4. The van der Waals surface area contributed by atoms with Crippen LogP contribution in [0.25, 0.3) is 0 Å². The van der Waals surface area contributed by atoms with Crippen molar-refractivity contribution in [1.29, 1.82) is 5.26 Å². The van der Waals surface area contributed by atoms with Gasteiger partial charge in [-0.2, -0.15) is 10.4 Å². The van der Waals surface area contributed by atoms with E-state index in [0.717, 1.165) is 11.3 Å². The van der Waals surface area contributed by atoms with Crippen molar-refractivity contribution in [3.63, 3.8) is 0 Å². The van der Waals surface area contributed by atoms with Crippen LogP contribution in [-0.4, -0.2) is 17.2 Å². The zero-order chi connectivity index (χ0) is 12.3. The van der Waals surface area contributed by atoms with Crippen LogP contribution in [0.4, 0.5) is 11.5 Å². The SMILES string of the molecule is Cc1ccccc1N(C)c1nnccc1C#N. The first-order chi connectivity index (χ1) is 8.24. The highest BCUT2D eigenvalue weighted by Crippen LogP contribution is 2.26. The quantitative estimate of drug-likeness (QED) is 0.786. The molecule has 0 bridgehead atoms. The van der Waals surface area contributed by atoms with Crippen molar-refractivity contribution in [2.45, 2.75) is 6.92 Å². The van der Waals surface area contributed by atoms with Crippen LogP contribution in [0.1, 0.15) is 11.1 Å². The monoisotopic (exact) mass is 224 g/mol. The van der Waals surface area contributed by atoms with E-state index in [9.17, 15) is 0 Å². The van der Waals surface area contributed by atoms with Crippen molar-refractivity contribution < 1.29 is 0 Å². The van der Waals surface area contributed by atoms with Crippen LogP contribution in [0.3, 0.4) is 0 Å². The molecule has 0 saturated heterocycles. The third kappa shape index (κ3) is 2.08. The molecule has 0 fully saturated rings. The van der Waals surface area contributed by atoms with Crippen LogP contribution in [0.5, 0.6) is 0 Å². The highest BCUT2D eigenvalue weighted by Gasteiger charge is 2.12. The van der Waals surface area contributed by atoms with E-state index in [1.807, 2.05) is 43.1 Å². The molecule has 2 aromatic rings. The molecule has 1 aromatic heterocycles. The van der Waals surface area contributed by atoms with Gasteiger partial charge < -0.3 is 4.90 Å². The molecule has 17 heavy (non-hydrogen) atoms. The fourth-order valence-electron chi connectivity index (χ4n) is 1.71. The molecule has 2 rings (SSSR count). The summed E-state index contributed by atoms with van der Waals surface area (Å²) in [6.07, 6.45) is 1.52. The van der Waals surface area contributed by atoms with Gasteiger partial charge in [0.25, 0.3) is 0 Å². The summed E-state index contributed by atoms with van der Waals surface area (Å²) in [7, 11) is 1.88. The minimum Gasteiger partial charge on any atom is -0.327 e. The first-order valence-corrected chi connectivity index (χ1v) is 5.25. The molecule has 0 unspecified atom stereocenters. The Labute approximate surface area is 100 Å². The normalized spacial score (nSPS) is 9.71. The number of aryl methyl sites for hydroxylation is 1. The Morgan fingerprint density at radius 1 is 1.24 bits per heavy atom. The molecule has 1 aromatic carbocycles. The molecule has 1 heterocycles. The summed E-state index contributed by atoms with van der Waals surface area (Å²) in [4.78, 5) is 1.88. The summed E-state index contributed by atoms with van der Waals surface area (Å²) in [5.74, 6) is 0.573. The molecule has 0 aliphatic rings. The largest absolute Gasteiger partial charge is 0.327 e. The molecule has 0 spiro atoms. The Morgan fingerprint density at radius 2 is 2.00 bits per heavy atom. The van der Waals surface area contributed by atoms with Crippen LogP contribution < -0.4 is 4.90 Å². The van der Waals surface area contributed by atoms with E-state index in [4.69, 9.17) is 5.26 Å². The second kappa shape index (κ2) is 4.62. The number of anilines is 2. The summed E-state index contributed by atoms with van der Waals surface area (Å²) >= 11 is 0. The predicted octanol–water partition coefficient (Wildman–Crippen LogP) is 2.42. The Morgan fingerprint density at radius 3 is 2.71 bits per heavy atom. The number of aromatic nitrogens is 2. The molecular weight excluding hydrogens is 212 g/mol. The molecule has 0 radical (unpaired) electrons. The Kier molecular flexibility index (Phi) is 3.01. The van der Waals surface area contributed by atoms with Gasteiger partial charge in [-0.15, -0.1) is 5.10 Å². The molecule has 4 nitrogen and oxygen atoms in total. The molecule has 0 aliphatic carbocycles. The van der Waals surface area contributed by atoms with Gasteiger partial charge in [0, 0.05) is 12.7 Å². The van der Waals surface area contributed by atoms with Gasteiger partial charge in [-0.25, -0.2) is 0 Å². The van der Waals surface area contributed by atoms with Crippen molar-refractivity contribution in [2.75, 3.05) is 11.9 Å². The maximum Gasteiger partial charge on any atom is 0.173 e. The lowest BCUT2D eigenvalue weighted by molar-refractivity contribution is 0.978. The van der Waals surface area contributed by atoms with Crippen molar-refractivity contribution in [1.82, 2.24) is 10.2 Å². The van der Waals surface area contributed by atoms with Gasteiger partial charge in [-0.05, 0) is 24.6 Å². The number of nitrogens with zero attached hydrogens (tertiary/aromatic N) is 4. The summed E-state index contributed by atoms with van der Waals surface area (Å²) in [5, 5.41) is 16.9. The minimum absolute atomic E-state index is 0.519. The number of hydrogen-bond donors (Lipinski definition) is 0. The van der Waals surface area contributed by atoms with E-state index in [0.29, 0.717) is 11.4 Å². The minimum atomic E-state index is 0.519. The fraction of sp³-hybridized carbons (Fsp3) is 0.154. The van der Waals surface area contributed by atoms with Gasteiger partial charge in [0.15, 0.2) is 5.82 Å². The third-order valence-corrected chi connectivity index (χ3v) is 2.62. The first-order valence-electron chi connectivity index (χ1n) is 5.25. The van der Waals surface area contributed by atoms with Crippen LogP contribution >= 0.6 is 0 Å². The highest BCUT2D eigenvalue weighted by atomic mass is 15.2. The van der Waals surface area contributed by atoms with Gasteiger partial charge in [0.05, 0.1) is 11.8 Å². The molecule has 4 heteroatoms. The smallest absolute Gasteiger partial charge is 0.173 e. The average molecular weight is 224 g/mol. The second-order valence-electron chi connectivity index (χ2n) is 3.73. The summed E-state index contributed by atoms with van der Waals surface area (Å²) in [6.45, 7) is 2.02. The third-order valence-electron chi connectivity index (χ3n) is 2.62. The molecule has 0 saturated carbocycles. The maximum absolute atomic E-state index is 9.04. The standard InChI is InChI=1S/C13H12N4/c1-10-5-3-4-6-12(10)17(2)13-11(9-14)7-8-15-16-13/h3-8H,1-2H3. The van der Waals surface area contributed by atoms with Crippen molar-refractivity contribution in [2.24, 2.45) is 0 Å². The van der Waals surface area contributed by atoms with E-state index in [2.05, 4.69) is 16.3 Å². The molecule has 84 valence electrons. The summed E-state index contributed by atoms with van der Waals surface area (Å²) < 4.78 is 0. The van der Waals surface area contributed by atoms with Gasteiger partial charge in [0.1, 0.15) is 6.07 Å². The van der Waals surface area contributed by atoms with Gasteiger partial charge in [-0.1, -0.05) is 18.2 Å². The van der Waals surface area contributed by atoms with Crippen LogP contribution in [-0.2, 0) is 0 Å². The van der Waals surface area contributed by atoms with E-state index >= 15 is 0 Å². The highest BCUT2D eigenvalue weighted by molar-refractivity contribution is 5.66. The molecule has 0 atom stereocenters. The van der Waals surface area contributed by atoms with Crippen LogP contribution in [0.15, 0.2) is 36.5 Å². The van der Waals surface area contributed by atoms with Crippen LogP contribution in [0.2, 0.25) is 0 Å². The van der Waals surface area contributed by atoms with E-state index < -0.39 is 0 Å². The summed E-state index contributed by atoms with van der Waals surface area (Å²) in [6, 6.07) is 11.7. The van der Waals surface area contributed by atoms with Crippen molar-refractivity contribution in [3.8, 4) is 6.07 Å².